The minimum Gasteiger partial charge on any atom is -0.548 e. The molecule has 6 atom stereocenters. The molecule has 0 aromatic heterocycles. The Hall–Kier alpha value is -1.68. The number of carboxylic acids is 6. The minimum atomic E-state index is -1.17. The van der Waals surface area contributed by atoms with Crippen LogP contribution in [-0.4, -0.2) is 166 Å². The van der Waals surface area contributed by atoms with Crippen molar-refractivity contribution in [1.29, 1.82) is 0 Å². The van der Waals surface area contributed by atoms with Gasteiger partial charge in [-0.25, -0.2) is 0 Å². The zero-order chi connectivity index (χ0) is 35.5. The molecule has 6 unspecified atom stereocenters. The summed E-state index contributed by atoms with van der Waals surface area (Å²) in [5.41, 5.74) is 0. The SMILES string of the molecule is CNC(CCCC(NC)C(=O)[O-])C(=O)[O-].CNC(CCCC(NC)C(=O)[O-])C(=O)[O-].CNC(CCCC(NC)C(=O)[O-])C(=O)[O-].[In+3].[In+3]. The van der Waals surface area contributed by atoms with E-state index in [9.17, 15) is 59.4 Å². The second-order valence-electron chi connectivity index (χ2n) is 9.75. The number of rotatable bonds is 24. The summed E-state index contributed by atoms with van der Waals surface area (Å²) in [5.74, 6) is -7.04. The predicted octanol–water partition coefficient (Wildman–Crippen LogP) is -10.3. The van der Waals surface area contributed by atoms with Crippen LogP contribution in [0.25, 0.3) is 0 Å². The van der Waals surface area contributed by atoms with Gasteiger partial charge in [0.25, 0.3) is 0 Å². The van der Waals surface area contributed by atoms with Gasteiger partial charge in [0.15, 0.2) is 0 Å². The van der Waals surface area contributed by atoms with Crippen molar-refractivity contribution in [2.75, 3.05) is 42.3 Å². The van der Waals surface area contributed by atoms with Crippen molar-refractivity contribution in [3.63, 3.8) is 0 Å². The Morgan fingerprint density at radius 3 is 0.511 bits per heavy atom. The van der Waals surface area contributed by atoms with E-state index in [1.165, 1.54) is 42.3 Å². The standard InChI is InChI=1S/3C9H18N2O4.2In/c3*1-10-6(8(12)13)4-3-5-7(11-2)9(14)15;;/h3*6-7,10-11H,3-5H2,1-2H3,(H,12,13)(H,14,15);;/q;;;2*+3/p-6. The van der Waals surface area contributed by atoms with Gasteiger partial charge in [-0.3, -0.25) is 0 Å². The summed E-state index contributed by atoms with van der Waals surface area (Å²) >= 11 is 0. The Morgan fingerprint density at radius 2 is 0.447 bits per heavy atom. The fourth-order valence-electron chi connectivity index (χ4n) is 3.86. The molecule has 18 nitrogen and oxygen atoms in total. The van der Waals surface area contributed by atoms with E-state index in [-0.39, 0.29) is 51.7 Å². The maximum atomic E-state index is 10.5. The molecule has 264 valence electrons. The van der Waals surface area contributed by atoms with Crippen LogP contribution in [0.5, 0.6) is 0 Å². The Balaban J connectivity index is -0.000000184. The van der Waals surface area contributed by atoms with E-state index in [0.717, 1.165) is 0 Å². The maximum absolute atomic E-state index is 10.5. The Labute approximate surface area is 313 Å². The van der Waals surface area contributed by atoms with Gasteiger partial charge in [-0.15, -0.1) is 0 Å². The number of likely N-dealkylation sites (N-methyl/N-ethyl adjacent to an activating group) is 6. The van der Waals surface area contributed by atoms with Crippen LogP contribution in [0.1, 0.15) is 57.8 Å². The molecule has 0 aromatic rings. The Kier molecular flexibility index (Phi) is 39.8. The summed E-state index contributed by atoms with van der Waals surface area (Å²) in [6, 6.07) is -4.39. The molecule has 0 amide bonds. The fraction of sp³-hybridized carbons (Fsp3) is 0.778. The van der Waals surface area contributed by atoms with Gasteiger partial charge in [0.2, 0.25) is 0 Å². The van der Waals surface area contributed by atoms with Gasteiger partial charge in [0.1, 0.15) is 0 Å². The number of carbonyl (C=O) groups excluding carboxylic acids is 6. The number of carboxylic acid groups (broad SMARTS) is 6. The molecule has 6 N–H and O–H groups in total. The monoisotopic (exact) mass is 878 g/mol. The molecular weight excluding hydrogens is 830 g/mol. The molecule has 0 spiro atoms. The number of aliphatic carboxylic acids is 6. The average molecular weight is 878 g/mol. The summed E-state index contributed by atoms with van der Waals surface area (Å²) in [5, 5.41) is 78.4. The second kappa shape index (κ2) is 34.2. The molecule has 0 aliphatic rings. The number of carbonyl (C=O) groups is 6. The molecule has 0 radical (unpaired) electrons. The molecule has 0 heterocycles. The van der Waals surface area contributed by atoms with E-state index in [2.05, 4.69) is 31.9 Å². The van der Waals surface area contributed by atoms with E-state index in [0.29, 0.717) is 57.8 Å². The first kappa shape index (κ1) is 54.8. The molecule has 0 fully saturated rings. The van der Waals surface area contributed by atoms with E-state index in [1.54, 1.807) is 0 Å². The van der Waals surface area contributed by atoms with Gasteiger partial charge in [-0.05, 0) is 100 Å². The number of nitrogens with one attached hydrogen (secondary N) is 6. The summed E-state index contributed by atoms with van der Waals surface area (Å²) in [6.45, 7) is 0. The topological polar surface area (TPSA) is 313 Å². The largest absolute Gasteiger partial charge is 3.00 e. The van der Waals surface area contributed by atoms with Crippen LogP contribution < -0.4 is 62.5 Å². The van der Waals surface area contributed by atoms with E-state index in [4.69, 9.17) is 0 Å². The molecule has 20 heteroatoms. The smallest absolute Gasteiger partial charge is 0.548 e. The third kappa shape index (κ3) is 29.0. The van der Waals surface area contributed by atoms with Crippen LogP contribution in [0, 0.1) is 0 Å². The Morgan fingerprint density at radius 1 is 0.340 bits per heavy atom. The summed E-state index contributed by atoms with van der Waals surface area (Å²) < 4.78 is 0. The first-order chi connectivity index (χ1) is 21.1. The van der Waals surface area contributed by atoms with Crippen molar-refractivity contribution in [1.82, 2.24) is 31.9 Å². The molecule has 0 aromatic carbocycles. The number of hydrogen-bond donors (Lipinski definition) is 6. The van der Waals surface area contributed by atoms with Crippen molar-refractivity contribution in [2.24, 2.45) is 0 Å². The zero-order valence-corrected chi connectivity index (χ0v) is 34.5. The number of hydrogen-bond acceptors (Lipinski definition) is 18. The molecule has 0 aliphatic carbocycles. The van der Waals surface area contributed by atoms with Crippen molar-refractivity contribution in [2.45, 2.75) is 94.0 Å². The van der Waals surface area contributed by atoms with E-state index in [1.807, 2.05) is 0 Å². The van der Waals surface area contributed by atoms with Crippen LogP contribution in [0.4, 0.5) is 0 Å². The molecule has 0 saturated heterocycles. The van der Waals surface area contributed by atoms with Crippen LogP contribution in [0.3, 0.4) is 0 Å². The quantitative estimate of drug-likeness (QED) is 0.0524. The molecular formula is C27H48In2N6O12. The fourth-order valence-corrected chi connectivity index (χ4v) is 3.86. The van der Waals surface area contributed by atoms with Crippen LogP contribution in [0.2, 0.25) is 0 Å². The molecule has 0 rings (SSSR count). The molecule has 47 heavy (non-hydrogen) atoms. The Bertz CT molecular complexity index is 716. The maximum Gasteiger partial charge on any atom is 3.00 e. The summed E-state index contributed by atoms with van der Waals surface area (Å²) in [7, 11) is 9.14. The van der Waals surface area contributed by atoms with Gasteiger partial charge in [0.05, 0.1) is 35.8 Å². The van der Waals surface area contributed by atoms with Crippen molar-refractivity contribution < 1.29 is 59.4 Å². The normalized spacial score (nSPS) is 13.9. The van der Waals surface area contributed by atoms with Gasteiger partial charge in [-0.2, -0.15) is 0 Å². The zero-order valence-electron chi connectivity index (χ0n) is 27.9. The molecule has 0 bridgehead atoms. The van der Waals surface area contributed by atoms with Crippen LogP contribution in [-0.2, 0) is 28.8 Å². The van der Waals surface area contributed by atoms with Gasteiger partial charge < -0.3 is 91.3 Å². The van der Waals surface area contributed by atoms with Gasteiger partial charge in [-0.1, -0.05) is 0 Å². The first-order valence-corrected chi connectivity index (χ1v) is 14.4. The third-order valence-corrected chi connectivity index (χ3v) is 6.75. The summed E-state index contributed by atoms with van der Waals surface area (Å²) in [4.78, 5) is 63.0. The minimum absolute atomic E-state index is 0. The molecule has 0 aliphatic heterocycles. The van der Waals surface area contributed by atoms with Gasteiger partial charge >= 0.3 is 51.7 Å². The average Bonchev–Trinajstić information content (AvgIpc) is 2.97. The van der Waals surface area contributed by atoms with E-state index < -0.39 is 72.1 Å². The van der Waals surface area contributed by atoms with Crippen molar-refractivity contribution >= 4 is 87.5 Å². The van der Waals surface area contributed by atoms with Gasteiger partial charge in [0, 0.05) is 36.3 Å². The van der Waals surface area contributed by atoms with Crippen LogP contribution >= 0.6 is 0 Å². The van der Waals surface area contributed by atoms with Crippen LogP contribution in [0.15, 0.2) is 0 Å². The second-order valence-corrected chi connectivity index (χ2v) is 9.75. The predicted molar refractivity (Wildman–Crippen MR) is 160 cm³/mol. The molecule has 0 saturated carbocycles. The first-order valence-electron chi connectivity index (χ1n) is 14.4. The van der Waals surface area contributed by atoms with E-state index >= 15 is 0 Å². The summed E-state index contributed by atoms with van der Waals surface area (Å²) in [6.07, 6.45) is 3.44. The third-order valence-electron chi connectivity index (χ3n) is 6.75. The van der Waals surface area contributed by atoms with Crippen molar-refractivity contribution in [3.05, 3.63) is 0 Å². The van der Waals surface area contributed by atoms with Crippen molar-refractivity contribution in [3.8, 4) is 0 Å².